The minimum absolute atomic E-state index is 0.0855. The maximum absolute atomic E-state index is 12.2. The van der Waals surface area contributed by atoms with E-state index in [4.69, 9.17) is 0 Å². The number of nitrogens with zero attached hydrogens (tertiary/aromatic N) is 1. The minimum atomic E-state index is 0.0855. The van der Waals surface area contributed by atoms with Crippen molar-refractivity contribution in [1.82, 2.24) is 4.98 Å². The van der Waals surface area contributed by atoms with Gasteiger partial charge in [0.05, 0.1) is 0 Å². The van der Waals surface area contributed by atoms with Crippen molar-refractivity contribution in [2.75, 3.05) is 0 Å². The van der Waals surface area contributed by atoms with Gasteiger partial charge in [-0.1, -0.05) is 45.0 Å². The van der Waals surface area contributed by atoms with Crippen LogP contribution in [0.2, 0.25) is 0 Å². The highest BCUT2D eigenvalue weighted by atomic mass is 79.9. The molecule has 1 aromatic carbocycles. The fourth-order valence-electron chi connectivity index (χ4n) is 1.97. The first-order valence-corrected chi connectivity index (χ1v) is 7.39. The molecule has 20 heavy (non-hydrogen) atoms. The molecule has 2 rings (SSSR count). The number of rotatable bonds is 3. The number of aromatic nitrogens is 1. The second-order valence-electron chi connectivity index (χ2n) is 5.94. The van der Waals surface area contributed by atoms with Gasteiger partial charge < -0.3 is 0 Å². The van der Waals surface area contributed by atoms with Crippen molar-refractivity contribution in [3.05, 3.63) is 63.9 Å². The van der Waals surface area contributed by atoms with Crippen LogP contribution in [0, 0.1) is 0 Å². The lowest BCUT2D eigenvalue weighted by Gasteiger charge is -2.19. The maximum atomic E-state index is 12.2. The quantitative estimate of drug-likeness (QED) is 0.771. The number of benzene rings is 1. The summed E-state index contributed by atoms with van der Waals surface area (Å²) in [5.41, 5.74) is 3.08. The van der Waals surface area contributed by atoms with E-state index in [-0.39, 0.29) is 11.2 Å². The van der Waals surface area contributed by atoms with Gasteiger partial charge in [-0.05, 0) is 38.5 Å². The third-order valence-corrected chi connectivity index (χ3v) is 3.65. The molecule has 0 N–H and O–H groups in total. The molecule has 0 atom stereocenters. The molecule has 0 spiro atoms. The predicted octanol–water partition coefficient (Wildman–Crippen LogP) is 4.57. The fourth-order valence-corrected chi connectivity index (χ4v) is 2.34. The second-order valence-corrected chi connectivity index (χ2v) is 6.85. The molecular weight excluding hydrogens is 314 g/mol. The van der Waals surface area contributed by atoms with Crippen molar-refractivity contribution in [3.63, 3.8) is 0 Å². The highest BCUT2D eigenvalue weighted by Crippen LogP contribution is 2.22. The zero-order chi connectivity index (χ0) is 14.8. The van der Waals surface area contributed by atoms with Crippen molar-refractivity contribution < 1.29 is 4.79 Å². The van der Waals surface area contributed by atoms with Crippen molar-refractivity contribution >= 4 is 21.7 Å². The van der Waals surface area contributed by atoms with Crippen molar-refractivity contribution in [1.29, 1.82) is 0 Å². The summed E-state index contributed by atoms with van der Waals surface area (Å²) in [4.78, 5) is 16.2. The third kappa shape index (κ3) is 3.76. The average molecular weight is 332 g/mol. The standard InChI is InChI=1S/C17H18BrNO/c1-17(2,3)14-6-4-12(5-7-14)8-16(20)13-9-15(18)11-19-10-13/h4-7,9-11H,8H2,1-3H3. The molecule has 1 heterocycles. The molecule has 0 unspecified atom stereocenters. The predicted molar refractivity (Wildman–Crippen MR) is 85.1 cm³/mol. The Morgan fingerprint density at radius 2 is 1.80 bits per heavy atom. The van der Waals surface area contributed by atoms with E-state index in [0.717, 1.165) is 10.0 Å². The molecule has 0 saturated heterocycles. The van der Waals surface area contributed by atoms with Gasteiger partial charge in [0.1, 0.15) is 0 Å². The molecule has 0 amide bonds. The molecule has 2 nitrogen and oxygen atoms in total. The molecule has 0 aliphatic carbocycles. The van der Waals surface area contributed by atoms with Gasteiger partial charge in [-0.15, -0.1) is 0 Å². The monoisotopic (exact) mass is 331 g/mol. The number of Topliss-reactive ketones (excluding diaryl/α,β-unsaturated/α-hetero) is 1. The largest absolute Gasteiger partial charge is 0.294 e. The van der Waals surface area contributed by atoms with Crippen LogP contribution in [0.1, 0.15) is 42.3 Å². The Morgan fingerprint density at radius 3 is 2.35 bits per heavy atom. The first-order chi connectivity index (χ1) is 9.36. The minimum Gasteiger partial charge on any atom is -0.294 e. The lowest BCUT2D eigenvalue weighted by atomic mass is 9.86. The molecule has 0 aliphatic rings. The summed E-state index contributed by atoms with van der Waals surface area (Å²) in [6.07, 6.45) is 3.69. The van der Waals surface area contributed by atoms with Gasteiger partial charge in [-0.25, -0.2) is 0 Å². The van der Waals surface area contributed by atoms with Gasteiger partial charge in [-0.2, -0.15) is 0 Å². The van der Waals surface area contributed by atoms with Gasteiger partial charge in [0.15, 0.2) is 5.78 Å². The van der Waals surface area contributed by atoms with Crippen LogP contribution in [0.3, 0.4) is 0 Å². The first-order valence-electron chi connectivity index (χ1n) is 6.59. The topological polar surface area (TPSA) is 30.0 Å². The molecule has 2 aromatic rings. The van der Waals surface area contributed by atoms with Crippen LogP contribution < -0.4 is 0 Å². The van der Waals surface area contributed by atoms with E-state index in [9.17, 15) is 4.79 Å². The first kappa shape index (κ1) is 14.9. The van der Waals surface area contributed by atoms with Crippen LogP contribution in [0.4, 0.5) is 0 Å². The molecule has 1 aromatic heterocycles. The van der Waals surface area contributed by atoms with Gasteiger partial charge in [0.2, 0.25) is 0 Å². The van der Waals surface area contributed by atoms with Crippen LogP contribution in [0.25, 0.3) is 0 Å². The molecule has 0 fully saturated rings. The maximum Gasteiger partial charge on any atom is 0.168 e. The van der Waals surface area contributed by atoms with E-state index >= 15 is 0 Å². The molecule has 0 saturated carbocycles. The Hall–Kier alpha value is -1.48. The van der Waals surface area contributed by atoms with Crippen LogP contribution in [0.5, 0.6) is 0 Å². The Bertz CT molecular complexity index is 612. The molecule has 0 radical (unpaired) electrons. The number of hydrogen-bond acceptors (Lipinski definition) is 2. The van der Waals surface area contributed by atoms with Gasteiger partial charge in [0, 0.05) is 28.9 Å². The van der Waals surface area contributed by atoms with Crippen LogP contribution >= 0.6 is 15.9 Å². The number of hydrogen-bond donors (Lipinski definition) is 0. The lowest BCUT2D eigenvalue weighted by molar-refractivity contribution is 0.0992. The SMILES string of the molecule is CC(C)(C)c1ccc(CC(=O)c2cncc(Br)c2)cc1. The molecule has 104 valence electrons. The molecule has 3 heteroatoms. The van der Waals surface area contributed by atoms with Crippen LogP contribution in [-0.2, 0) is 11.8 Å². The normalized spacial score (nSPS) is 11.4. The van der Waals surface area contributed by atoms with Gasteiger partial charge >= 0.3 is 0 Å². The summed E-state index contributed by atoms with van der Waals surface area (Å²) in [6, 6.07) is 10.1. The number of carbonyl (C=O) groups excluding carboxylic acids is 1. The Labute approximate surface area is 128 Å². The van der Waals surface area contributed by atoms with E-state index in [1.807, 2.05) is 12.1 Å². The fraction of sp³-hybridized carbons (Fsp3) is 0.294. The van der Waals surface area contributed by atoms with E-state index in [0.29, 0.717) is 12.0 Å². The van der Waals surface area contributed by atoms with Crippen LogP contribution in [-0.4, -0.2) is 10.8 Å². The van der Waals surface area contributed by atoms with Crippen molar-refractivity contribution in [3.8, 4) is 0 Å². The Balaban J connectivity index is 2.12. The summed E-state index contributed by atoms with van der Waals surface area (Å²) < 4.78 is 0.825. The van der Waals surface area contributed by atoms with Crippen molar-refractivity contribution in [2.45, 2.75) is 32.6 Å². The zero-order valence-corrected chi connectivity index (χ0v) is 13.6. The average Bonchev–Trinajstić information content (AvgIpc) is 2.38. The Kier molecular flexibility index (Phi) is 4.39. The molecule has 0 bridgehead atoms. The number of ketones is 1. The summed E-state index contributed by atoms with van der Waals surface area (Å²) in [7, 11) is 0. The van der Waals surface area contributed by atoms with Crippen molar-refractivity contribution in [2.24, 2.45) is 0 Å². The van der Waals surface area contributed by atoms with E-state index in [2.05, 4.69) is 53.8 Å². The smallest absolute Gasteiger partial charge is 0.168 e. The van der Waals surface area contributed by atoms with Crippen LogP contribution in [0.15, 0.2) is 47.2 Å². The van der Waals surface area contributed by atoms with Gasteiger partial charge in [-0.3, -0.25) is 9.78 Å². The van der Waals surface area contributed by atoms with E-state index < -0.39 is 0 Å². The Morgan fingerprint density at radius 1 is 1.15 bits per heavy atom. The number of pyridine rings is 1. The third-order valence-electron chi connectivity index (χ3n) is 3.21. The summed E-state index contributed by atoms with van der Waals surface area (Å²) in [5, 5.41) is 0. The summed E-state index contributed by atoms with van der Waals surface area (Å²) >= 11 is 3.33. The summed E-state index contributed by atoms with van der Waals surface area (Å²) in [5.74, 6) is 0.0855. The lowest BCUT2D eigenvalue weighted by Crippen LogP contribution is -2.11. The zero-order valence-electron chi connectivity index (χ0n) is 12.0. The summed E-state index contributed by atoms with van der Waals surface area (Å²) in [6.45, 7) is 6.54. The van der Waals surface area contributed by atoms with E-state index in [1.165, 1.54) is 5.56 Å². The highest BCUT2D eigenvalue weighted by molar-refractivity contribution is 9.10. The van der Waals surface area contributed by atoms with E-state index in [1.54, 1.807) is 18.5 Å². The second kappa shape index (κ2) is 5.88. The van der Waals surface area contributed by atoms with Gasteiger partial charge in [0.25, 0.3) is 0 Å². The number of carbonyl (C=O) groups is 1. The highest BCUT2D eigenvalue weighted by Gasteiger charge is 2.14. The molecular formula is C17H18BrNO. The number of halogens is 1. The molecule has 0 aliphatic heterocycles.